The van der Waals surface area contributed by atoms with E-state index in [1.807, 2.05) is 0 Å². The van der Waals surface area contributed by atoms with Crippen LogP contribution in [0.1, 0.15) is 21.5 Å². The van der Waals surface area contributed by atoms with Gasteiger partial charge >= 0.3 is 11.9 Å². The topological polar surface area (TPSA) is 76.6 Å². The van der Waals surface area contributed by atoms with Crippen LogP contribution in [0.2, 0.25) is 0 Å². The number of aryl methyl sites for hydroxylation is 1. The van der Waals surface area contributed by atoms with Crippen LogP contribution < -0.4 is 9.64 Å². The molecule has 35 heavy (non-hydrogen) atoms. The molecule has 0 radical (unpaired) electrons. The van der Waals surface area contributed by atoms with Crippen molar-refractivity contribution in [1.82, 2.24) is 4.98 Å². The third-order valence-electron chi connectivity index (χ3n) is 5.42. The molecule has 6 nitrogen and oxygen atoms in total. The first-order chi connectivity index (χ1) is 16.4. The number of hydrogen-bond acceptors (Lipinski definition) is 5. The minimum atomic E-state index is -4.79. The zero-order valence-corrected chi connectivity index (χ0v) is 18.8. The summed E-state index contributed by atoms with van der Waals surface area (Å²) in [6, 6.07) is 10.5. The van der Waals surface area contributed by atoms with Crippen molar-refractivity contribution in [1.29, 1.82) is 0 Å². The molecule has 2 aromatic carbocycles. The van der Waals surface area contributed by atoms with E-state index in [1.54, 1.807) is 19.1 Å². The Bertz CT molecular complexity index is 1390. The zero-order valence-electron chi connectivity index (χ0n) is 18.0. The molecule has 3 aromatic rings. The highest BCUT2D eigenvalue weighted by Gasteiger charge is 2.34. The van der Waals surface area contributed by atoms with E-state index in [1.165, 1.54) is 35.4 Å². The highest BCUT2D eigenvalue weighted by molar-refractivity contribution is 7.91. The fraction of sp³-hybridized carbons (Fsp3) is 0.217. The van der Waals surface area contributed by atoms with E-state index in [2.05, 4.69) is 4.98 Å². The van der Waals surface area contributed by atoms with Gasteiger partial charge in [0.15, 0.2) is 6.61 Å². The number of amides is 1. The Morgan fingerprint density at radius 1 is 1.09 bits per heavy atom. The Morgan fingerprint density at radius 3 is 2.40 bits per heavy atom. The number of benzene rings is 2. The molecule has 184 valence electrons. The highest BCUT2D eigenvalue weighted by Crippen LogP contribution is 2.39. The van der Waals surface area contributed by atoms with Crippen LogP contribution in [0.5, 0.6) is 5.75 Å². The Morgan fingerprint density at radius 2 is 1.77 bits per heavy atom. The van der Waals surface area contributed by atoms with Gasteiger partial charge in [-0.3, -0.25) is 9.78 Å². The average molecular weight is 512 g/mol. The summed E-state index contributed by atoms with van der Waals surface area (Å²) in [5.74, 6) is -4.09. The van der Waals surface area contributed by atoms with Gasteiger partial charge < -0.3 is 9.64 Å². The smallest absolute Gasteiger partial charge is 0.422 e. The van der Waals surface area contributed by atoms with E-state index >= 15 is 0 Å². The summed E-state index contributed by atoms with van der Waals surface area (Å²) in [5.41, 5.74) is 2.10. The van der Waals surface area contributed by atoms with E-state index in [4.69, 9.17) is 4.74 Å². The minimum absolute atomic E-state index is 0.0225. The van der Waals surface area contributed by atoms with E-state index < -0.39 is 39.2 Å². The van der Waals surface area contributed by atoms with Crippen molar-refractivity contribution in [3.05, 3.63) is 71.4 Å². The maximum absolute atomic E-state index is 13.1. The number of halogens is 5. The van der Waals surface area contributed by atoms with E-state index in [9.17, 15) is 35.2 Å². The van der Waals surface area contributed by atoms with Crippen LogP contribution in [0.25, 0.3) is 11.3 Å². The SMILES string of the molecule is Cc1cccc(OCC(F)(F)F)c1-c1nccc2c1CN(c1ccc(S(=O)(=O)C(F)F)cc1)C2=O. The maximum atomic E-state index is 13.1. The van der Waals surface area contributed by atoms with Gasteiger partial charge in [0.2, 0.25) is 9.84 Å². The Balaban J connectivity index is 1.71. The van der Waals surface area contributed by atoms with Crippen molar-refractivity contribution in [2.24, 2.45) is 0 Å². The number of pyridine rings is 1. The molecule has 0 saturated heterocycles. The first-order valence-corrected chi connectivity index (χ1v) is 11.7. The van der Waals surface area contributed by atoms with Crippen molar-refractivity contribution in [3.63, 3.8) is 0 Å². The molecule has 0 saturated carbocycles. The van der Waals surface area contributed by atoms with Gasteiger partial charge in [-0.2, -0.15) is 22.0 Å². The number of fused-ring (bicyclic) bond motifs is 1. The summed E-state index contributed by atoms with van der Waals surface area (Å²) < 4.78 is 92.2. The molecule has 0 N–H and O–H groups in total. The van der Waals surface area contributed by atoms with Crippen LogP contribution in [0, 0.1) is 6.92 Å². The number of sulfone groups is 1. The second-order valence-electron chi connectivity index (χ2n) is 7.73. The lowest BCUT2D eigenvalue weighted by atomic mass is 9.98. The predicted molar refractivity (Wildman–Crippen MR) is 116 cm³/mol. The van der Waals surface area contributed by atoms with Gasteiger partial charge in [0.25, 0.3) is 5.91 Å². The fourth-order valence-corrected chi connectivity index (χ4v) is 4.52. The van der Waals surface area contributed by atoms with Gasteiger partial charge in [0, 0.05) is 28.6 Å². The number of alkyl halides is 5. The van der Waals surface area contributed by atoms with Crippen molar-refractivity contribution in [3.8, 4) is 17.0 Å². The van der Waals surface area contributed by atoms with Crippen molar-refractivity contribution < 1.29 is 39.9 Å². The molecule has 0 aliphatic carbocycles. The minimum Gasteiger partial charge on any atom is -0.483 e. The zero-order chi connectivity index (χ0) is 25.5. The lowest BCUT2D eigenvalue weighted by molar-refractivity contribution is -0.153. The number of carbonyl (C=O) groups is 1. The summed E-state index contributed by atoms with van der Waals surface area (Å²) >= 11 is 0. The van der Waals surface area contributed by atoms with Crippen molar-refractivity contribution in [2.75, 3.05) is 11.5 Å². The van der Waals surface area contributed by atoms with Crippen LogP contribution >= 0.6 is 0 Å². The number of rotatable bonds is 6. The Hall–Kier alpha value is -3.54. The highest BCUT2D eigenvalue weighted by atomic mass is 32.2. The van der Waals surface area contributed by atoms with Gasteiger partial charge in [0.1, 0.15) is 5.75 Å². The summed E-state index contributed by atoms with van der Waals surface area (Å²) in [6.07, 6.45) is -3.20. The molecule has 0 unspecified atom stereocenters. The molecule has 1 aliphatic heterocycles. The van der Waals surface area contributed by atoms with Crippen molar-refractivity contribution in [2.45, 2.75) is 30.3 Å². The standard InChI is InChI=1S/C23H17F5N2O4S/c1-13-3-2-4-18(34-12-23(26,27)28)19(13)20-17-11-30(21(31)16(17)9-10-29-20)14-5-7-15(8-6-14)35(32,33)22(24)25/h2-10,22H,11-12H2,1H3. The number of nitrogens with zero attached hydrogens (tertiary/aromatic N) is 2. The second kappa shape index (κ2) is 8.91. The van der Waals surface area contributed by atoms with Crippen LogP contribution in [0.3, 0.4) is 0 Å². The van der Waals surface area contributed by atoms with Gasteiger partial charge in [-0.15, -0.1) is 0 Å². The summed E-state index contributed by atoms with van der Waals surface area (Å²) in [4.78, 5) is 18.1. The molecule has 0 fully saturated rings. The van der Waals surface area contributed by atoms with E-state index in [0.29, 0.717) is 16.7 Å². The largest absolute Gasteiger partial charge is 0.483 e. The number of anilines is 1. The third kappa shape index (κ3) is 4.70. The van der Waals surface area contributed by atoms with Gasteiger partial charge in [-0.05, 0) is 48.9 Å². The number of ether oxygens (including phenoxy) is 1. The van der Waals surface area contributed by atoms with Crippen molar-refractivity contribution >= 4 is 21.4 Å². The van der Waals surface area contributed by atoms with Gasteiger partial charge in [-0.1, -0.05) is 12.1 Å². The Kier molecular flexibility index (Phi) is 6.26. The molecule has 0 bridgehead atoms. The number of carbonyl (C=O) groups excluding carboxylic acids is 1. The summed E-state index contributed by atoms with van der Waals surface area (Å²) in [5, 5.41) is 0. The fourth-order valence-electron chi connectivity index (χ4n) is 3.79. The molecular formula is C23H17F5N2O4S. The molecular weight excluding hydrogens is 495 g/mol. The molecule has 12 heteroatoms. The second-order valence-corrected chi connectivity index (χ2v) is 9.65. The van der Waals surface area contributed by atoms with Crippen LogP contribution in [-0.2, 0) is 16.4 Å². The van der Waals surface area contributed by atoms with Crippen LogP contribution in [0.4, 0.5) is 27.6 Å². The monoisotopic (exact) mass is 512 g/mol. The predicted octanol–water partition coefficient (Wildman–Crippen LogP) is 5.15. The summed E-state index contributed by atoms with van der Waals surface area (Å²) in [6.45, 7) is 0.149. The molecule has 0 spiro atoms. The molecule has 1 aromatic heterocycles. The van der Waals surface area contributed by atoms with Crippen LogP contribution in [0.15, 0.2) is 59.6 Å². The molecule has 1 amide bonds. The van der Waals surface area contributed by atoms with Gasteiger partial charge in [-0.25, -0.2) is 8.42 Å². The first kappa shape index (κ1) is 24.6. The third-order valence-corrected chi connectivity index (χ3v) is 6.82. The van der Waals surface area contributed by atoms with E-state index in [-0.39, 0.29) is 29.2 Å². The number of aromatic nitrogens is 1. The Labute approximate surface area is 196 Å². The maximum Gasteiger partial charge on any atom is 0.422 e. The molecule has 0 atom stereocenters. The molecule has 1 aliphatic rings. The summed E-state index contributed by atoms with van der Waals surface area (Å²) in [7, 11) is -4.79. The van der Waals surface area contributed by atoms with Gasteiger partial charge in [0.05, 0.1) is 17.1 Å². The first-order valence-electron chi connectivity index (χ1n) is 10.1. The normalized spacial score (nSPS) is 13.9. The lowest BCUT2D eigenvalue weighted by Crippen LogP contribution is -2.23. The number of hydrogen-bond donors (Lipinski definition) is 0. The quantitative estimate of drug-likeness (QED) is 0.427. The average Bonchev–Trinajstić information content (AvgIpc) is 3.14. The van der Waals surface area contributed by atoms with E-state index in [0.717, 1.165) is 12.1 Å². The lowest BCUT2D eigenvalue weighted by Gasteiger charge is -2.17. The molecule has 2 heterocycles. The molecule has 4 rings (SSSR count). The van der Waals surface area contributed by atoms with Crippen LogP contribution in [-0.4, -0.2) is 37.8 Å².